The second kappa shape index (κ2) is 4.96. The van der Waals surface area contributed by atoms with Crippen LogP contribution in [-0.4, -0.2) is 14.8 Å². The van der Waals surface area contributed by atoms with Gasteiger partial charge >= 0.3 is 0 Å². The molecule has 3 nitrogen and oxygen atoms in total. The maximum atomic E-state index is 6.14. The smallest absolute Gasteiger partial charge is 0.117 e. The number of halogens is 2. The maximum Gasteiger partial charge on any atom is 0.117 e. The van der Waals surface area contributed by atoms with Crippen LogP contribution >= 0.6 is 34.5 Å². The number of aryl methyl sites for hydroxylation is 1. The first-order chi connectivity index (χ1) is 8.04. The Morgan fingerprint density at radius 3 is 2.65 bits per heavy atom. The first-order valence-electron chi connectivity index (χ1n) is 5.26. The van der Waals surface area contributed by atoms with E-state index < -0.39 is 0 Å². The highest BCUT2D eigenvalue weighted by Gasteiger charge is 2.18. The summed E-state index contributed by atoms with van der Waals surface area (Å²) in [7, 11) is 0. The van der Waals surface area contributed by atoms with E-state index >= 15 is 0 Å². The van der Waals surface area contributed by atoms with Crippen molar-refractivity contribution in [2.45, 2.75) is 32.7 Å². The normalized spacial score (nSPS) is 13.0. The van der Waals surface area contributed by atoms with E-state index in [0.29, 0.717) is 5.88 Å². The molecule has 0 spiro atoms. The zero-order chi connectivity index (χ0) is 12.6. The highest BCUT2D eigenvalue weighted by Crippen LogP contribution is 2.27. The van der Waals surface area contributed by atoms with E-state index in [1.165, 1.54) is 0 Å². The van der Waals surface area contributed by atoms with Gasteiger partial charge in [-0.1, -0.05) is 11.6 Å². The van der Waals surface area contributed by atoms with E-state index in [2.05, 4.69) is 17.0 Å². The Labute approximate surface area is 114 Å². The molecule has 0 N–H and O–H groups in total. The highest BCUT2D eigenvalue weighted by atomic mass is 35.5. The maximum absolute atomic E-state index is 6.14. The third kappa shape index (κ3) is 2.34. The standard InChI is InChI=1S/C11H13Cl2N3S/c1-6-10(13)7(2)16(15-6)8(3)11-14-9(4-12)5-17-11/h5,8H,4H2,1-3H3. The third-order valence-corrected chi connectivity index (χ3v) is 4.55. The van der Waals surface area contributed by atoms with Crippen molar-refractivity contribution >= 4 is 34.5 Å². The Morgan fingerprint density at radius 1 is 1.47 bits per heavy atom. The molecule has 1 unspecified atom stereocenters. The van der Waals surface area contributed by atoms with Crippen LogP contribution in [0.1, 0.15) is 35.1 Å². The molecular weight excluding hydrogens is 277 g/mol. The van der Waals surface area contributed by atoms with Gasteiger partial charge in [-0.3, -0.25) is 4.68 Å². The summed E-state index contributed by atoms with van der Waals surface area (Å²) < 4.78 is 1.91. The van der Waals surface area contributed by atoms with Crippen LogP contribution in [0.5, 0.6) is 0 Å². The molecule has 0 bridgehead atoms. The molecule has 0 aliphatic rings. The van der Waals surface area contributed by atoms with Crippen molar-refractivity contribution in [1.82, 2.24) is 14.8 Å². The number of hydrogen-bond donors (Lipinski definition) is 0. The van der Waals surface area contributed by atoms with E-state index in [1.807, 2.05) is 23.9 Å². The van der Waals surface area contributed by atoms with Gasteiger partial charge in [0.2, 0.25) is 0 Å². The van der Waals surface area contributed by atoms with Gasteiger partial charge in [0, 0.05) is 5.38 Å². The molecule has 6 heteroatoms. The zero-order valence-electron chi connectivity index (χ0n) is 9.87. The SMILES string of the molecule is Cc1nn(C(C)c2nc(CCl)cs2)c(C)c1Cl. The number of aromatic nitrogens is 3. The summed E-state index contributed by atoms with van der Waals surface area (Å²) in [6.45, 7) is 5.94. The lowest BCUT2D eigenvalue weighted by molar-refractivity contribution is 0.543. The topological polar surface area (TPSA) is 30.7 Å². The average molecular weight is 290 g/mol. The fourth-order valence-electron chi connectivity index (χ4n) is 1.70. The molecule has 2 rings (SSSR count). The van der Waals surface area contributed by atoms with Gasteiger partial charge in [-0.15, -0.1) is 22.9 Å². The summed E-state index contributed by atoms with van der Waals surface area (Å²) in [4.78, 5) is 4.47. The van der Waals surface area contributed by atoms with Crippen LogP contribution in [-0.2, 0) is 5.88 Å². The zero-order valence-corrected chi connectivity index (χ0v) is 12.2. The van der Waals surface area contributed by atoms with Crippen LogP contribution in [0.2, 0.25) is 5.02 Å². The fourth-order valence-corrected chi connectivity index (χ4v) is 2.91. The van der Waals surface area contributed by atoms with Gasteiger partial charge in [0.05, 0.1) is 28.0 Å². The third-order valence-electron chi connectivity index (χ3n) is 2.67. The van der Waals surface area contributed by atoms with Crippen molar-refractivity contribution in [1.29, 1.82) is 0 Å². The largest absolute Gasteiger partial charge is 0.258 e. The van der Waals surface area contributed by atoms with E-state index in [4.69, 9.17) is 23.2 Å². The Bertz CT molecular complexity index is 533. The number of hydrogen-bond acceptors (Lipinski definition) is 3. The molecule has 92 valence electrons. The quantitative estimate of drug-likeness (QED) is 0.801. The molecule has 0 aromatic carbocycles. The van der Waals surface area contributed by atoms with Crippen LogP contribution in [0.25, 0.3) is 0 Å². The molecule has 0 radical (unpaired) electrons. The van der Waals surface area contributed by atoms with E-state index in [0.717, 1.165) is 27.1 Å². The van der Waals surface area contributed by atoms with E-state index in [9.17, 15) is 0 Å². The van der Waals surface area contributed by atoms with Crippen molar-refractivity contribution in [3.63, 3.8) is 0 Å². The van der Waals surface area contributed by atoms with Crippen LogP contribution < -0.4 is 0 Å². The number of alkyl halides is 1. The van der Waals surface area contributed by atoms with Crippen molar-refractivity contribution in [3.8, 4) is 0 Å². The Kier molecular flexibility index (Phi) is 3.76. The lowest BCUT2D eigenvalue weighted by atomic mass is 10.3. The lowest BCUT2D eigenvalue weighted by Crippen LogP contribution is -2.10. The van der Waals surface area contributed by atoms with Gasteiger partial charge in [-0.05, 0) is 20.8 Å². The molecular formula is C11H13Cl2N3S. The predicted octanol–water partition coefficient (Wildman–Crippen LogP) is 3.96. The molecule has 0 saturated carbocycles. The molecule has 0 saturated heterocycles. The van der Waals surface area contributed by atoms with Crippen LogP contribution in [0.4, 0.5) is 0 Å². The summed E-state index contributed by atoms with van der Waals surface area (Å²) in [5.41, 5.74) is 2.73. The Hall–Kier alpha value is -0.580. The Morgan fingerprint density at radius 2 is 2.18 bits per heavy atom. The minimum Gasteiger partial charge on any atom is -0.258 e. The van der Waals surface area contributed by atoms with E-state index in [-0.39, 0.29) is 6.04 Å². The molecule has 0 amide bonds. The van der Waals surface area contributed by atoms with Gasteiger partial charge < -0.3 is 0 Å². The van der Waals surface area contributed by atoms with Gasteiger partial charge in [0.15, 0.2) is 0 Å². The molecule has 0 fully saturated rings. The summed E-state index contributed by atoms with van der Waals surface area (Å²) >= 11 is 13.5. The summed E-state index contributed by atoms with van der Waals surface area (Å²) in [5, 5.41) is 8.15. The van der Waals surface area contributed by atoms with Crippen LogP contribution in [0.15, 0.2) is 5.38 Å². The van der Waals surface area contributed by atoms with Crippen molar-refractivity contribution in [2.75, 3.05) is 0 Å². The lowest BCUT2D eigenvalue weighted by Gasteiger charge is -2.11. The second-order valence-corrected chi connectivity index (χ2v) is 5.45. The number of rotatable bonds is 3. The minimum absolute atomic E-state index is 0.0863. The van der Waals surface area contributed by atoms with Crippen molar-refractivity contribution in [3.05, 3.63) is 32.5 Å². The van der Waals surface area contributed by atoms with Gasteiger partial charge in [-0.2, -0.15) is 5.10 Å². The molecule has 1 atom stereocenters. The molecule has 2 heterocycles. The van der Waals surface area contributed by atoms with Gasteiger partial charge in [0.25, 0.3) is 0 Å². The molecule has 0 aliphatic heterocycles. The fraction of sp³-hybridized carbons (Fsp3) is 0.455. The average Bonchev–Trinajstić information content (AvgIpc) is 2.89. The summed E-state index contributed by atoms with van der Waals surface area (Å²) in [5.74, 6) is 0.446. The summed E-state index contributed by atoms with van der Waals surface area (Å²) in [6, 6.07) is 0.0863. The van der Waals surface area contributed by atoms with Crippen molar-refractivity contribution < 1.29 is 0 Å². The van der Waals surface area contributed by atoms with Gasteiger partial charge in [-0.25, -0.2) is 4.98 Å². The first kappa shape index (κ1) is 12.9. The number of nitrogens with zero attached hydrogens (tertiary/aromatic N) is 3. The second-order valence-electron chi connectivity index (χ2n) is 3.92. The molecule has 0 aliphatic carbocycles. The monoisotopic (exact) mass is 289 g/mol. The molecule has 2 aromatic rings. The summed E-state index contributed by atoms with van der Waals surface area (Å²) in [6.07, 6.45) is 0. The van der Waals surface area contributed by atoms with Crippen molar-refractivity contribution in [2.24, 2.45) is 0 Å². The van der Waals surface area contributed by atoms with Crippen LogP contribution in [0.3, 0.4) is 0 Å². The molecule has 17 heavy (non-hydrogen) atoms. The highest BCUT2D eigenvalue weighted by molar-refractivity contribution is 7.09. The molecule has 2 aromatic heterocycles. The number of thiazole rings is 1. The predicted molar refractivity (Wildman–Crippen MR) is 72.2 cm³/mol. The first-order valence-corrected chi connectivity index (χ1v) is 7.05. The van der Waals surface area contributed by atoms with E-state index in [1.54, 1.807) is 11.3 Å². The van der Waals surface area contributed by atoms with Gasteiger partial charge in [0.1, 0.15) is 11.0 Å². The van der Waals surface area contributed by atoms with Crippen LogP contribution in [0, 0.1) is 13.8 Å². The Balaban J connectivity index is 2.36. The minimum atomic E-state index is 0.0863.